The van der Waals surface area contributed by atoms with Crippen molar-refractivity contribution in [2.24, 2.45) is 5.10 Å². The number of hydrogen-bond donors (Lipinski definition) is 2. The fraction of sp³-hybridized carbons (Fsp3) is 0.136. The van der Waals surface area contributed by atoms with E-state index < -0.39 is 0 Å². The third-order valence-corrected chi connectivity index (χ3v) is 4.03. The zero-order valence-electron chi connectivity index (χ0n) is 15.7. The van der Waals surface area contributed by atoms with E-state index in [1.807, 2.05) is 43.3 Å². The van der Waals surface area contributed by atoms with Crippen LogP contribution in [0.5, 0.6) is 5.75 Å². The number of hydrogen-bond acceptors (Lipinski definition) is 4. The quantitative estimate of drug-likeness (QED) is 0.505. The molecule has 0 aliphatic rings. The van der Waals surface area contributed by atoms with Gasteiger partial charge in [-0.1, -0.05) is 30.3 Å². The lowest BCUT2D eigenvalue weighted by Gasteiger charge is -2.09. The summed E-state index contributed by atoms with van der Waals surface area (Å²) in [6.07, 6.45) is 1.60. The Hall–Kier alpha value is -3.67. The second-order valence-electron chi connectivity index (χ2n) is 6.09. The maximum absolute atomic E-state index is 12.3. The van der Waals surface area contributed by atoms with Crippen LogP contribution in [0, 0.1) is 0 Å². The first kappa shape index (κ1) is 19.1. The van der Waals surface area contributed by atoms with E-state index >= 15 is 0 Å². The van der Waals surface area contributed by atoms with E-state index in [0.717, 1.165) is 22.1 Å². The molecule has 2 N–H and O–H groups in total. The minimum Gasteiger partial charge on any atom is -0.493 e. The van der Waals surface area contributed by atoms with E-state index in [1.165, 1.54) is 6.92 Å². The Morgan fingerprint density at radius 3 is 2.57 bits per heavy atom. The molecular weight excluding hydrogens is 354 g/mol. The molecule has 142 valence electrons. The summed E-state index contributed by atoms with van der Waals surface area (Å²) >= 11 is 0. The average molecular weight is 375 g/mol. The summed E-state index contributed by atoms with van der Waals surface area (Å²) < 4.78 is 5.67. The molecule has 0 saturated carbocycles. The van der Waals surface area contributed by atoms with E-state index in [-0.39, 0.29) is 11.8 Å². The lowest BCUT2D eigenvalue weighted by Crippen LogP contribution is -2.18. The van der Waals surface area contributed by atoms with E-state index in [1.54, 1.807) is 30.5 Å². The molecule has 6 heteroatoms. The molecule has 28 heavy (non-hydrogen) atoms. The van der Waals surface area contributed by atoms with Crippen LogP contribution in [-0.2, 0) is 4.79 Å². The summed E-state index contributed by atoms with van der Waals surface area (Å²) in [5, 5.41) is 8.70. The van der Waals surface area contributed by atoms with E-state index in [0.29, 0.717) is 17.9 Å². The SMILES string of the molecule is CCOc1ccc(C=NNC(=O)c2cccc(NC(C)=O)c2)c2ccccc12. The van der Waals surface area contributed by atoms with Gasteiger partial charge < -0.3 is 10.1 Å². The van der Waals surface area contributed by atoms with E-state index in [2.05, 4.69) is 15.8 Å². The molecule has 0 aromatic heterocycles. The molecule has 0 unspecified atom stereocenters. The molecule has 2 amide bonds. The fourth-order valence-corrected chi connectivity index (χ4v) is 2.86. The third-order valence-electron chi connectivity index (χ3n) is 4.03. The topological polar surface area (TPSA) is 79.8 Å². The second kappa shape index (κ2) is 8.81. The third kappa shape index (κ3) is 4.54. The van der Waals surface area contributed by atoms with Gasteiger partial charge in [0.15, 0.2) is 0 Å². The van der Waals surface area contributed by atoms with Gasteiger partial charge in [0.25, 0.3) is 5.91 Å². The largest absolute Gasteiger partial charge is 0.493 e. The van der Waals surface area contributed by atoms with Gasteiger partial charge in [0, 0.05) is 29.1 Å². The van der Waals surface area contributed by atoms with Crippen molar-refractivity contribution in [3.8, 4) is 5.75 Å². The molecule has 3 aromatic carbocycles. The molecule has 0 fully saturated rings. The van der Waals surface area contributed by atoms with Gasteiger partial charge in [-0.05, 0) is 42.6 Å². The Labute approximate surface area is 163 Å². The Kier molecular flexibility index (Phi) is 6.01. The van der Waals surface area contributed by atoms with Crippen LogP contribution in [0.3, 0.4) is 0 Å². The van der Waals surface area contributed by atoms with Crippen LogP contribution in [0.4, 0.5) is 5.69 Å². The number of amides is 2. The van der Waals surface area contributed by atoms with Gasteiger partial charge >= 0.3 is 0 Å². The number of ether oxygens (including phenoxy) is 1. The Balaban J connectivity index is 1.77. The number of benzene rings is 3. The number of rotatable bonds is 6. The summed E-state index contributed by atoms with van der Waals surface area (Å²) in [6, 6.07) is 18.3. The molecule has 0 aliphatic heterocycles. The predicted octanol–water partition coefficient (Wildman–Crippen LogP) is 3.96. The van der Waals surface area contributed by atoms with Crippen molar-refractivity contribution in [2.45, 2.75) is 13.8 Å². The van der Waals surface area contributed by atoms with Gasteiger partial charge in [0.2, 0.25) is 5.91 Å². The Morgan fingerprint density at radius 2 is 1.82 bits per heavy atom. The highest BCUT2D eigenvalue weighted by Gasteiger charge is 2.07. The van der Waals surface area contributed by atoms with Crippen LogP contribution >= 0.6 is 0 Å². The van der Waals surface area contributed by atoms with Crippen LogP contribution in [0.1, 0.15) is 29.8 Å². The number of fused-ring (bicyclic) bond motifs is 1. The number of hydrazone groups is 1. The van der Waals surface area contributed by atoms with Gasteiger partial charge in [-0.15, -0.1) is 0 Å². The normalized spacial score (nSPS) is 10.8. The summed E-state index contributed by atoms with van der Waals surface area (Å²) in [5.41, 5.74) is 4.35. The van der Waals surface area contributed by atoms with Gasteiger partial charge in [0.05, 0.1) is 12.8 Å². The van der Waals surface area contributed by atoms with Crippen LogP contribution in [0.25, 0.3) is 10.8 Å². The van der Waals surface area contributed by atoms with Gasteiger partial charge in [0.1, 0.15) is 5.75 Å². The van der Waals surface area contributed by atoms with E-state index in [9.17, 15) is 9.59 Å². The number of nitrogens with zero attached hydrogens (tertiary/aromatic N) is 1. The zero-order valence-corrected chi connectivity index (χ0v) is 15.7. The number of anilines is 1. The molecule has 0 spiro atoms. The fourth-order valence-electron chi connectivity index (χ4n) is 2.86. The molecule has 0 radical (unpaired) electrons. The molecule has 0 bridgehead atoms. The summed E-state index contributed by atoms with van der Waals surface area (Å²) in [7, 11) is 0. The standard InChI is InChI=1S/C22H21N3O3/c1-3-28-21-12-11-17(19-9-4-5-10-20(19)21)14-23-25-22(27)16-7-6-8-18(13-16)24-15(2)26/h4-14H,3H2,1-2H3,(H,24,26)(H,25,27). The molecule has 3 rings (SSSR count). The first-order chi connectivity index (χ1) is 13.6. The van der Waals surface area contributed by atoms with Crippen molar-refractivity contribution in [3.05, 3.63) is 71.8 Å². The van der Waals surface area contributed by atoms with E-state index in [4.69, 9.17) is 4.74 Å². The lowest BCUT2D eigenvalue weighted by molar-refractivity contribution is -0.114. The number of nitrogens with one attached hydrogen (secondary N) is 2. The van der Waals surface area contributed by atoms with Crippen molar-refractivity contribution >= 4 is 34.5 Å². The first-order valence-corrected chi connectivity index (χ1v) is 8.94. The van der Waals surface area contributed by atoms with Crippen LogP contribution in [0.15, 0.2) is 65.8 Å². The molecule has 3 aromatic rings. The van der Waals surface area contributed by atoms with Crippen molar-refractivity contribution in [3.63, 3.8) is 0 Å². The van der Waals surface area contributed by atoms with Crippen LogP contribution in [0.2, 0.25) is 0 Å². The van der Waals surface area contributed by atoms with Crippen molar-refractivity contribution in [1.29, 1.82) is 0 Å². The molecule has 0 saturated heterocycles. The molecule has 0 heterocycles. The minimum atomic E-state index is -0.362. The van der Waals surface area contributed by atoms with Gasteiger partial charge in [-0.25, -0.2) is 5.43 Å². The molecule has 6 nitrogen and oxygen atoms in total. The Morgan fingerprint density at radius 1 is 1.04 bits per heavy atom. The highest BCUT2D eigenvalue weighted by molar-refractivity contribution is 6.03. The van der Waals surface area contributed by atoms with Crippen LogP contribution in [-0.4, -0.2) is 24.6 Å². The highest BCUT2D eigenvalue weighted by atomic mass is 16.5. The van der Waals surface area contributed by atoms with Gasteiger partial charge in [-0.2, -0.15) is 5.10 Å². The van der Waals surface area contributed by atoms with Crippen molar-refractivity contribution in [2.75, 3.05) is 11.9 Å². The second-order valence-corrected chi connectivity index (χ2v) is 6.09. The minimum absolute atomic E-state index is 0.196. The number of carbonyl (C=O) groups excluding carboxylic acids is 2. The summed E-state index contributed by atoms with van der Waals surface area (Å²) in [5.74, 6) is 0.255. The van der Waals surface area contributed by atoms with Crippen LogP contribution < -0.4 is 15.5 Å². The summed E-state index contributed by atoms with van der Waals surface area (Å²) in [4.78, 5) is 23.5. The maximum Gasteiger partial charge on any atom is 0.271 e. The molecule has 0 atom stereocenters. The maximum atomic E-state index is 12.3. The van der Waals surface area contributed by atoms with Crippen molar-refractivity contribution in [1.82, 2.24) is 5.43 Å². The predicted molar refractivity (Wildman–Crippen MR) is 111 cm³/mol. The molecular formula is C22H21N3O3. The zero-order chi connectivity index (χ0) is 19.9. The smallest absolute Gasteiger partial charge is 0.271 e. The Bertz CT molecular complexity index is 1040. The highest BCUT2D eigenvalue weighted by Crippen LogP contribution is 2.27. The first-order valence-electron chi connectivity index (χ1n) is 8.94. The lowest BCUT2D eigenvalue weighted by atomic mass is 10.0. The molecule has 0 aliphatic carbocycles. The van der Waals surface area contributed by atoms with Gasteiger partial charge in [-0.3, -0.25) is 9.59 Å². The number of carbonyl (C=O) groups is 2. The average Bonchev–Trinajstić information content (AvgIpc) is 2.69. The monoisotopic (exact) mass is 375 g/mol. The van der Waals surface area contributed by atoms with Crippen molar-refractivity contribution < 1.29 is 14.3 Å². The summed E-state index contributed by atoms with van der Waals surface area (Å²) in [6.45, 7) is 3.95.